The number of rotatable bonds is 12. The molecule has 0 heterocycles. The Balaban J connectivity index is 1.33. The molecule has 4 rings (SSSR count). The van der Waals surface area contributed by atoms with Gasteiger partial charge in [0.05, 0.1) is 31.8 Å². The summed E-state index contributed by atoms with van der Waals surface area (Å²) in [6.45, 7) is 0. The van der Waals surface area contributed by atoms with Crippen molar-refractivity contribution in [3.8, 4) is 23.0 Å². The van der Waals surface area contributed by atoms with E-state index >= 15 is 0 Å². The molecular weight excluding hydrogens is 548 g/mol. The molecule has 0 atom stereocenters. The Morgan fingerprint density at radius 3 is 1.30 bits per heavy atom. The van der Waals surface area contributed by atoms with Gasteiger partial charge >= 0.3 is 11.9 Å². The van der Waals surface area contributed by atoms with Crippen LogP contribution in [0.5, 0.6) is 23.0 Å². The SMILES string of the molecule is COc1cc(/C=C/C(=O)CC(=O)/C=C/c2ccc(OC(=O)c3ccccc3)c(OC)c2)ccc1OC(=O)c1ccccc1. The highest BCUT2D eigenvalue weighted by Crippen LogP contribution is 2.30. The van der Waals surface area contributed by atoms with E-state index in [2.05, 4.69) is 0 Å². The first-order valence-electron chi connectivity index (χ1n) is 13.2. The summed E-state index contributed by atoms with van der Waals surface area (Å²) in [6.07, 6.45) is 5.36. The summed E-state index contributed by atoms with van der Waals surface area (Å²) in [5, 5.41) is 0. The lowest BCUT2D eigenvalue weighted by atomic mass is 10.1. The van der Waals surface area contributed by atoms with Crippen molar-refractivity contribution in [2.75, 3.05) is 14.2 Å². The van der Waals surface area contributed by atoms with Crippen LogP contribution in [0.4, 0.5) is 0 Å². The van der Waals surface area contributed by atoms with Gasteiger partial charge < -0.3 is 18.9 Å². The third-order valence-corrected chi connectivity index (χ3v) is 6.07. The normalized spacial score (nSPS) is 10.8. The van der Waals surface area contributed by atoms with Crippen LogP contribution in [0.25, 0.3) is 12.2 Å². The maximum atomic E-state index is 12.4. The fourth-order valence-electron chi connectivity index (χ4n) is 3.88. The predicted molar refractivity (Wildman–Crippen MR) is 161 cm³/mol. The Morgan fingerprint density at radius 2 is 0.930 bits per heavy atom. The van der Waals surface area contributed by atoms with Crippen molar-refractivity contribution in [3.05, 3.63) is 131 Å². The van der Waals surface area contributed by atoms with Gasteiger partial charge in [-0.3, -0.25) is 9.59 Å². The van der Waals surface area contributed by atoms with Crippen LogP contribution >= 0.6 is 0 Å². The lowest BCUT2D eigenvalue weighted by Crippen LogP contribution is -2.09. The number of esters is 2. The summed E-state index contributed by atoms with van der Waals surface area (Å²) in [5.74, 6) is -0.737. The van der Waals surface area contributed by atoms with E-state index in [0.717, 1.165) is 0 Å². The lowest BCUT2D eigenvalue weighted by Gasteiger charge is -2.10. The molecule has 0 aliphatic carbocycles. The van der Waals surface area contributed by atoms with Crippen molar-refractivity contribution in [2.45, 2.75) is 6.42 Å². The highest BCUT2D eigenvalue weighted by Gasteiger charge is 2.14. The quantitative estimate of drug-likeness (QED) is 0.0826. The van der Waals surface area contributed by atoms with Crippen molar-refractivity contribution in [1.82, 2.24) is 0 Å². The number of methoxy groups -OCH3 is 2. The molecule has 216 valence electrons. The molecule has 0 fully saturated rings. The molecule has 0 aromatic heterocycles. The highest BCUT2D eigenvalue weighted by molar-refractivity contribution is 6.11. The fraction of sp³-hybridized carbons (Fsp3) is 0.0857. The van der Waals surface area contributed by atoms with E-state index < -0.39 is 23.5 Å². The van der Waals surface area contributed by atoms with Crippen LogP contribution in [0.3, 0.4) is 0 Å². The number of benzene rings is 4. The second kappa shape index (κ2) is 14.7. The maximum Gasteiger partial charge on any atom is 0.343 e. The van der Waals surface area contributed by atoms with Crippen LogP contribution in [-0.4, -0.2) is 37.7 Å². The average Bonchev–Trinajstić information content (AvgIpc) is 3.04. The lowest BCUT2D eigenvalue weighted by molar-refractivity contribution is -0.121. The third kappa shape index (κ3) is 8.61. The Labute approximate surface area is 248 Å². The predicted octanol–water partition coefficient (Wildman–Crippen LogP) is 6.40. The molecule has 0 aliphatic rings. The summed E-state index contributed by atoms with van der Waals surface area (Å²) in [6, 6.07) is 26.8. The molecule has 0 N–H and O–H groups in total. The zero-order valence-electron chi connectivity index (χ0n) is 23.5. The minimum Gasteiger partial charge on any atom is -0.493 e. The first-order chi connectivity index (χ1) is 20.9. The van der Waals surface area contributed by atoms with Crippen molar-refractivity contribution in [2.24, 2.45) is 0 Å². The topological polar surface area (TPSA) is 105 Å². The number of allylic oxidation sites excluding steroid dienone is 2. The molecule has 8 heteroatoms. The molecule has 0 bridgehead atoms. The molecule has 4 aromatic rings. The van der Waals surface area contributed by atoms with E-state index in [9.17, 15) is 19.2 Å². The van der Waals surface area contributed by atoms with Gasteiger partial charge in [-0.2, -0.15) is 0 Å². The average molecular weight is 577 g/mol. The second-order valence-corrected chi connectivity index (χ2v) is 9.11. The molecule has 0 radical (unpaired) electrons. The van der Waals surface area contributed by atoms with Gasteiger partial charge in [0.1, 0.15) is 0 Å². The number of ether oxygens (including phenoxy) is 4. The van der Waals surface area contributed by atoms with Crippen LogP contribution in [0.1, 0.15) is 38.3 Å². The number of ketones is 2. The first kappa shape index (κ1) is 30.2. The molecule has 0 saturated carbocycles. The Morgan fingerprint density at radius 1 is 0.535 bits per heavy atom. The van der Waals surface area contributed by atoms with E-state index in [1.165, 1.54) is 26.4 Å². The van der Waals surface area contributed by atoms with Gasteiger partial charge in [-0.25, -0.2) is 9.59 Å². The molecule has 43 heavy (non-hydrogen) atoms. The van der Waals surface area contributed by atoms with E-state index in [1.54, 1.807) is 109 Å². The number of carbonyl (C=O) groups excluding carboxylic acids is 4. The zero-order chi connectivity index (χ0) is 30.6. The van der Waals surface area contributed by atoms with Gasteiger partial charge in [0.15, 0.2) is 34.6 Å². The van der Waals surface area contributed by atoms with Crippen LogP contribution in [0.15, 0.2) is 109 Å². The van der Waals surface area contributed by atoms with Crippen molar-refractivity contribution in [1.29, 1.82) is 0 Å². The molecule has 0 aliphatic heterocycles. The molecule has 0 amide bonds. The van der Waals surface area contributed by atoms with E-state index in [4.69, 9.17) is 18.9 Å². The van der Waals surface area contributed by atoms with E-state index in [1.807, 2.05) is 0 Å². The van der Waals surface area contributed by atoms with Crippen LogP contribution < -0.4 is 18.9 Å². The monoisotopic (exact) mass is 576 g/mol. The highest BCUT2D eigenvalue weighted by atomic mass is 16.6. The second-order valence-electron chi connectivity index (χ2n) is 9.11. The van der Waals surface area contributed by atoms with E-state index in [-0.39, 0.29) is 17.9 Å². The Kier molecular flexibility index (Phi) is 10.4. The third-order valence-electron chi connectivity index (χ3n) is 6.07. The van der Waals surface area contributed by atoms with Crippen molar-refractivity contribution in [3.63, 3.8) is 0 Å². The van der Waals surface area contributed by atoms with Crippen LogP contribution in [-0.2, 0) is 9.59 Å². The minimum absolute atomic E-state index is 0.235. The van der Waals surface area contributed by atoms with Gasteiger partial charge in [-0.05, 0) is 71.8 Å². The molecular formula is C35H28O8. The van der Waals surface area contributed by atoms with E-state index in [0.29, 0.717) is 33.8 Å². The van der Waals surface area contributed by atoms with Gasteiger partial charge in [0, 0.05) is 0 Å². The van der Waals surface area contributed by atoms with Gasteiger partial charge in [-0.15, -0.1) is 0 Å². The van der Waals surface area contributed by atoms with Crippen LogP contribution in [0.2, 0.25) is 0 Å². The summed E-state index contributed by atoms with van der Waals surface area (Å²) < 4.78 is 21.6. The summed E-state index contributed by atoms with van der Waals surface area (Å²) in [4.78, 5) is 49.6. The maximum absolute atomic E-state index is 12.4. The fourth-order valence-corrected chi connectivity index (χ4v) is 3.88. The smallest absolute Gasteiger partial charge is 0.343 e. The van der Waals surface area contributed by atoms with Crippen LogP contribution in [0, 0.1) is 0 Å². The number of hydrogen-bond acceptors (Lipinski definition) is 8. The molecule has 0 unspecified atom stereocenters. The Bertz CT molecular complexity index is 1550. The molecule has 8 nitrogen and oxygen atoms in total. The zero-order valence-corrected chi connectivity index (χ0v) is 23.5. The standard InChI is InChI=1S/C35H28O8/c1-40-32-21-24(15-19-30(32)42-34(38)26-9-5-3-6-10-26)13-17-28(36)23-29(37)18-14-25-16-20-31(33(22-25)41-2)43-35(39)27-11-7-4-8-12-27/h3-22H,23H2,1-2H3/b17-13+,18-14+. The van der Waals surface area contributed by atoms with Gasteiger partial charge in [0.2, 0.25) is 0 Å². The summed E-state index contributed by atoms with van der Waals surface area (Å²) >= 11 is 0. The summed E-state index contributed by atoms with van der Waals surface area (Å²) in [7, 11) is 2.89. The molecule has 0 saturated heterocycles. The van der Waals surface area contributed by atoms with Crippen molar-refractivity contribution >= 4 is 35.7 Å². The Hall–Kier alpha value is -5.76. The number of carbonyl (C=O) groups is 4. The number of hydrogen-bond donors (Lipinski definition) is 0. The first-order valence-corrected chi connectivity index (χ1v) is 13.2. The molecule has 0 spiro atoms. The van der Waals surface area contributed by atoms with Gasteiger partial charge in [0.25, 0.3) is 0 Å². The largest absolute Gasteiger partial charge is 0.493 e. The van der Waals surface area contributed by atoms with Gasteiger partial charge in [-0.1, -0.05) is 60.7 Å². The minimum atomic E-state index is -0.523. The molecule has 4 aromatic carbocycles. The van der Waals surface area contributed by atoms with Crippen molar-refractivity contribution < 1.29 is 38.1 Å². The summed E-state index contributed by atoms with van der Waals surface area (Å²) in [5.41, 5.74) is 2.04.